The quantitative estimate of drug-likeness (QED) is 0.283. The van der Waals surface area contributed by atoms with E-state index in [0.717, 1.165) is 0 Å². The number of anilines is 1. The number of amides is 1. The summed E-state index contributed by atoms with van der Waals surface area (Å²) in [5, 5.41) is 18.4. The van der Waals surface area contributed by atoms with Crippen LogP contribution in [0.15, 0.2) is 0 Å². The van der Waals surface area contributed by atoms with Gasteiger partial charge in [-0.1, -0.05) is 0 Å². The number of aromatic hydroxyl groups is 1. The molecule has 1 amide bonds. The molecule has 0 saturated carbocycles. The molecule has 2 aromatic rings. The van der Waals surface area contributed by atoms with Crippen LogP contribution in [0.2, 0.25) is 0 Å². The summed E-state index contributed by atoms with van der Waals surface area (Å²) in [6, 6.07) is -0.249. The number of fused-ring (bicyclic) bond motifs is 1. The maximum Gasteiger partial charge on any atom is 0.320 e. The molecule has 0 fully saturated rings. The van der Waals surface area contributed by atoms with Crippen molar-refractivity contribution in [3.05, 3.63) is 0 Å². The number of nitrogens with two attached hydrogens (primary N) is 1. The van der Waals surface area contributed by atoms with E-state index in [4.69, 9.17) is 20.4 Å². The molecule has 0 bridgehead atoms. The second-order valence-electron chi connectivity index (χ2n) is 4.61. The Morgan fingerprint density at radius 3 is 2.83 bits per heavy atom. The van der Waals surface area contributed by atoms with Gasteiger partial charge in [0.25, 0.3) is 6.01 Å². The number of ether oxygens (including phenoxy) is 2. The molecule has 0 aliphatic carbocycles. The van der Waals surface area contributed by atoms with Gasteiger partial charge >= 0.3 is 6.01 Å². The van der Waals surface area contributed by atoms with Gasteiger partial charge in [0.15, 0.2) is 17.0 Å². The minimum Gasteiger partial charge on any atom is -0.480 e. The Bertz CT molecular complexity index is 688. The predicted octanol–water partition coefficient (Wildman–Crippen LogP) is -0.575. The number of methoxy groups -OCH3 is 1. The van der Waals surface area contributed by atoms with Gasteiger partial charge in [-0.05, 0) is 6.42 Å². The van der Waals surface area contributed by atoms with E-state index in [2.05, 4.69) is 15.0 Å². The van der Waals surface area contributed by atoms with Crippen LogP contribution in [0.5, 0.6) is 12.0 Å². The third-order valence-electron chi connectivity index (χ3n) is 3.01. The van der Waals surface area contributed by atoms with Gasteiger partial charge in [-0.25, -0.2) is 5.48 Å². The number of hydrogen-bond acceptors (Lipinski definition) is 9. The van der Waals surface area contributed by atoms with E-state index >= 15 is 0 Å². The van der Waals surface area contributed by atoms with Crippen molar-refractivity contribution in [2.45, 2.75) is 19.4 Å². The number of carbonyl (C=O) groups excluding carboxylic acids is 1. The molecule has 0 aliphatic heterocycles. The molecule has 0 spiro atoms. The molecule has 0 saturated heterocycles. The second kappa shape index (κ2) is 7.56. The molecule has 126 valence electrons. The summed E-state index contributed by atoms with van der Waals surface area (Å²) in [6.45, 7) is 0.865. The van der Waals surface area contributed by atoms with Crippen molar-refractivity contribution in [3.63, 3.8) is 0 Å². The minimum atomic E-state index is -0.522. The zero-order valence-corrected chi connectivity index (χ0v) is 12.5. The molecular formula is C12H18N6O5. The third kappa shape index (κ3) is 3.96. The number of carbonyl (C=O) groups is 1. The number of nitrogens with zero attached hydrogens (tertiary/aromatic N) is 4. The lowest BCUT2D eigenvalue weighted by atomic mass is 10.3. The molecule has 0 radical (unpaired) electrons. The van der Waals surface area contributed by atoms with E-state index in [9.17, 15) is 9.90 Å². The van der Waals surface area contributed by atoms with Crippen LogP contribution in [0.4, 0.5) is 5.82 Å². The van der Waals surface area contributed by atoms with Gasteiger partial charge in [-0.3, -0.25) is 14.6 Å². The Morgan fingerprint density at radius 2 is 2.13 bits per heavy atom. The molecule has 0 aromatic carbocycles. The molecule has 0 unspecified atom stereocenters. The summed E-state index contributed by atoms with van der Waals surface area (Å²) in [7, 11) is 1.54. The van der Waals surface area contributed by atoms with Crippen molar-refractivity contribution in [1.82, 2.24) is 25.0 Å². The van der Waals surface area contributed by atoms with Crippen molar-refractivity contribution in [2.75, 3.05) is 26.1 Å². The van der Waals surface area contributed by atoms with E-state index < -0.39 is 5.91 Å². The van der Waals surface area contributed by atoms with Crippen LogP contribution in [0, 0.1) is 0 Å². The lowest BCUT2D eigenvalue weighted by molar-refractivity contribution is -0.129. The molecule has 5 N–H and O–H groups in total. The molecule has 2 rings (SSSR count). The SMILES string of the molecule is COCCOc1nc(N)c2nc(O)n(CCCC(=O)NO)c2n1. The van der Waals surface area contributed by atoms with Gasteiger partial charge in [-0.2, -0.15) is 15.0 Å². The maximum atomic E-state index is 11.0. The van der Waals surface area contributed by atoms with E-state index in [1.807, 2.05) is 0 Å². The highest BCUT2D eigenvalue weighted by molar-refractivity contribution is 5.83. The molecule has 11 heteroatoms. The Kier molecular flexibility index (Phi) is 5.49. The first-order valence-corrected chi connectivity index (χ1v) is 6.84. The first-order valence-electron chi connectivity index (χ1n) is 6.84. The van der Waals surface area contributed by atoms with Crippen LogP contribution in [0.25, 0.3) is 11.2 Å². The van der Waals surface area contributed by atoms with Crippen molar-refractivity contribution in [1.29, 1.82) is 0 Å². The molecule has 0 atom stereocenters. The summed E-state index contributed by atoms with van der Waals surface area (Å²) in [6.07, 6.45) is 0.433. The highest BCUT2D eigenvalue weighted by atomic mass is 16.5. The van der Waals surface area contributed by atoms with Crippen molar-refractivity contribution >= 4 is 22.9 Å². The number of rotatable bonds is 8. The maximum absolute atomic E-state index is 11.0. The largest absolute Gasteiger partial charge is 0.480 e. The third-order valence-corrected chi connectivity index (χ3v) is 3.01. The Morgan fingerprint density at radius 1 is 1.35 bits per heavy atom. The summed E-state index contributed by atoms with van der Waals surface area (Å²) < 4.78 is 11.6. The molecule has 0 aliphatic rings. The average Bonchev–Trinajstić information content (AvgIpc) is 2.84. The van der Waals surface area contributed by atoms with Crippen LogP contribution in [-0.4, -0.2) is 56.1 Å². The summed E-state index contributed by atoms with van der Waals surface area (Å²) in [4.78, 5) is 23.0. The lowest BCUT2D eigenvalue weighted by Crippen LogP contribution is -2.18. The number of aryl methyl sites for hydroxylation is 1. The van der Waals surface area contributed by atoms with Gasteiger partial charge in [0.1, 0.15) is 6.61 Å². The fourth-order valence-electron chi connectivity index (χ4n) is 1.93. The van der Waals surface area contributed by atoms with Gasteiger partial charge in [0.2, 0.25) is 5.91 Å². The smallest absolute Gasteiger partial charge is 0.320 e. The molecule has 23 heavy (non-hydrogen) atoms. The predicted molar refractivity (Wildman–Crippen MR) is 77.9 cm³/mol. The zero-order chi connectivity index (χ0) is 16.8. The summed E-state index contributed by atoms with van der Waals surface area (Å²) in [5.74, 6) is -0.448. The van der Waals surface area contributed by atoms with Crippen LogP contribution in [0.1, 0.15) is 12.8 Å². The minimum absolute atomic E-state index is 0.0429. The molecule has 11 nitrogen and oxygen atoms in total. The Hall–Kier alpha value is -2.66. The number of imidazole rings is 1. The number of hydroxylamine groups is 1. The molecule has 2 aromatic heterocycles. The first kappa shape index (κ1) is 16.7. The molecular weight excluding hydrogens is 308 g/mol. The van der Waals surface area contributed by atoms with E-state index in [0.29, 0.717) is 18.7 Å². The van der Waals surface area contributed by atoms with Crippen molar-refractivity contribution < 1.29 is 24.6 Å². The van der Waals surface area contributed by atoms with E-state index in [-0.39, 0.29) is 42.9 Å². The number of hydrogen-bond donors (Lipinski definition) is 4. The van der Waals surface area contributed by atoms with Crippen molar-refractivity contribution in [2.24, 2.45) is 0 Å². The normalized spacial score (nSPS) is 10.9. The van der Waals surface area contributed by atoms with Crippen LogP contribution < -0.4 is 16.0 Å². The highest BCUT2D eigenvalue weighted by Crippen LogP contribution is 2.25. The lowest BCUT2D eigenvalue weighted by Gasteiger charge is -2.07. The monoisotopic (exact) mass is 326 g/mol. The van der Waals surface area contributed by atoms with Gasteiger partial charge in [-0.15, -0.1) is 0 Å². The highest BCUT2D eigenvalue weighted by Gasteiger charge is 2.17. The Labute approximate surface area is 131 Å². The topological polar surface area (TPSA) is 158 Å². The number of nitrogen functional groups attached to an aromatic ring is 1. The number of nitrogens with one attached hydrogen (secondary N) is 1. The Balaban J connectivity index is 2.21. The van der Waals surface area contributed by atoms with Crippen LogP contribution in [0.3, 0.4) is 0 Å². The van der Waals surface area contributed by atoms with Crippen LogP contribution >= 0.6 is 0 Å². The van der Waals surface area contributed by atoms with E-state index in [1.165, 1.54) is 17.2 Å². The summed E-state index contributed by atoms with van der Waals surface area (Å²) in [5.41, 5.74) is 7.88. The van der Waals surface area contributed by atoms with E-state index in [1.54, 1.807) is 0 Å². The number of aromatic nitrogens is 4. The molecule has 2 heterocycles. The zero-order valence-electron chi connectivity index (χ0n) is 12.5. The fourth-order valence-corrected chi connectivity index (χ4v) is 1.93. The van der Waals surface area contributed by atoms with Gasteiger partial charge in [0.05, 0.1) is 6.61 Å². The standard InChI is InChI=1S/C12H18N6O5/c1-22-5-6-23-11-15-9(13)8-10(16-11)18(12(20)14-8)4-2-3-7(19)17-21/h21H,2-6H2,1H3,(H,14,20)(H,17,19)(H2,13,15,16). The van der Waals surface area contributed by atoms with Crippen molar-refractivity contribution in [3.8, 4) is 12.0 Å². The fraction of sp³-hybridized carbons (Fsp3) is 0.500. The van der Waals surface area contributed by atoms with Crippen LogP contribution in [-0.2, 0) is 16.1 Å². The first-order chi connectivity index (χ1) is 11.1. The average molecular weight is 326 g/mol. The summed E-state index contributed by atoms with van der Waals surface area (Å²) >= 11 is 0. The van der Waals surface area contributed by atoms with Gasteiger partial charge < -0.3 is 20.3 Å². The van der Waals surface area contributed by atoms with Gasteiger partial charge in [0, 0.05) is 20.1 Å². The second-order valence-corrected chi connectivity index (χ2v) is 4.61.